The van der Waals surface area contributed by atoms with E-state index in [4.69, 9.17) is 21.1 Å². The van der Waals surface area contributed by atoms with Gasteiger partial charge in [0.15, 0.2) is 11.5 Å². The minimum absolute atomic E-state index is 0.0334. The number of hydrogen-bond acceptors (Lipinski definition) is 6. The Morgan fingerprint density at radius 2 is 1.84 bits per heavy atom. The molecule has 132 valence electrons. The van der Waals surface area contributed by atoms with Crippen LogP contribution in [-0.2, 0) is 0 Å². The van der Waals surface area contributed by atoms with Gasteiger partial charge < -0.3 is 14.6 Å². The number of nitro benzene ring substituents is 1. The normalized spacial score (nSPS) is 10.8. The van der Waals surface area contributed by atoms with Crippen LogP contribution in [0.3, 0.4) is 0 Å². The number of ether oxygens (including phenoxy) is 2. The van der Waals surface area contributed by atoms with Gasteiger partial charge in [-0.15, -0.1) is 0 Å². The quantitative estimate of drug-likeness (QED) is 0.422. The number of nitro groups is 1. The summed E-state index contributed by atoms with van der Waals surface area (Å²) in [6.07, 6.45) is 1.24. The van der Waals surface area contributed by atoms with Crippen molar-refractivity contribution in [2.24, 2.45) is 4.99 Å². The highest BCUT2D eigenvalue weighted by atomic mass is 35.5. The highest BCUT2D eigenvalue weighted by molar-refractivity contribution is 6.31. The van der Waals surface area contributed by atoms with E-state index in [0.29, 0.717) is 30.4 Å². The first-order valence-electron chi connectivity index (χ1n) is 7.54. The topological polar surface area (TPSA) is 97.0 Å². The molecule has 0 saturated carbocycles. The van der Waals surface area contributed by atoms with Crippen LogP contribution in [0, 0.1) is 10.1 Å². The van der Waals surface area contributed by atoms with Crippen LogP contribution in [0.15, 0.2) is 35.3 Å². The second-order valence-corrected chi connectivity index (χ2v) is 5.29. The summed E-state index contributed by atoms with van der Waals surface area (Å²) >= 11 is 5.83. The van der Waals surface area contributed by atoms with Gasteiger partial charge in [0.1, 0.15) is 0 Å². The van der Waals surface area contributed by atoms with Gasteiger partial charge in [0.2, 0.25) is 0 Å². The number of hydrogen-bond donors (Lipinski definition) is 0. The molecule has 0 aliphatic rings. The molecule has 8 heteroatoms. The van der Waals surface area contributed by atoms with Gasteiger partial charge in [0.05, 0.1) is 23.8 Å². The van der Waals surface area contributed by atoms with Crippen LogP contribution < -0.4 is 14.6 Å². The van der Waals surface area contributed by atoms with E-state index >= 15 is 0 Å². The Bertz CT molecular complexity index is 808. The van der Waals surface area contributed by atoms with Crippen molar-refractivity contribution in [3.63, 3.8) is 0 Å². The van der Waals surface area contributed by atoms with E-state index in [1.807, 2.05) is 13.8 Å². The number of nitrogens with zero attached hydrogens (tertiary/aromatic N) is 2. The van der Waals surface area contributed by atoms with Gasteiger partial charge in [-0.3, -0.25) is 15.1 Å². The number of rotatable bonds is 7. The van der Waals surface area contributed by atoms with Crippen LogP contribution in [-0.4, -0.2) is 24.4 Å². The summed E-state index contributed by atoms with van der Waals surface area (Å²) in [5.74, 6) is 0.374. The van der Waals surface area contributed by atoms with Gasteiger partial charge >= 0.3 is 0 Å². The lowest BCUT2D eigenvalue weighted by molar-refractivity contribution is -0.398. The average molecular weight is 364 g/mol. The van der Waals surface area contributed by atoms with Crippen molar-refractivity contribution in [2.75, 3.05) is 13.2 Å². The first-order chi connectivity index (χ1) is 12.0. The molecule has 0 N–H and O–H groups in total. The molecule has 0 spiro atoms. The molecule has 0 fully saturated rings. The highest BCUT2D eigenvalue weighted by Gasteiger charge is 2.11. The molecular weight excluding hydrogens is 348 g/mol. The number of benzene rings is 2. The van der Waals surface area contributed by atoms with E-state index in [0.717, 1.165) is 6.07 Å². The molecule has 7 nitrogen and oxygen atoms in total. The van der Waals surface area contributed by atoms with Crippen molar-refractivity contribution < 1.29 is 19.5 Å². The Morgan fingerprint density at radius 1 is 1.16 bits per heavy atom. The fourth-order valence-corrected chi connectivity index (χ4v) is 2.32. The van der Waals surface area contributed by atoms with Gasteiger partial charge in [-0.1, -0.05) is 11.6 Å². The standard InChI is InChI=1S/C17H17ClN2O5/c1-3-24-15-6-5-13(9-16(15)25-4-2)19-10-11-7-12(18)8-14(17(11)21)20(22)23/h5-10,21H,3-4H2,1-2H3/p-1. The van der Waals surface area contributed by atoms with Crippen LogP contribution in [0.5, 0.6) is 17.2 Å². The first kappa shape index (κ1) is 18.5. The maximum Gasteiger partial charge on any atom is 0.263 e. The van der Waals surface area contributed by atoms with E-state index < -0.39 is 16.4 Å². The van der Waals surface area contributed by atoms with Crippen molar-refractivity contribution in [1.82, 2.24) is 0 Å². The summed E-state index contributed by atoms with van der Waals surface area (Å²) in [7, 11) is 0. The minimum Gasteiger partial charge on any atom is -0.867 e. The van der Waals surface area contributed by atoms with E-state index in [1.165, 1.54) is 12.3 Å². The molecule has 0 heterocycles. The largest absolute Gasteiger partial charge is 0.867 e. The zero-order chi connectivity index (χ0) is 18.4. The first-order valence-corrected chi connectivity index (χ1v) is 7.92. The summed E-state index contributed by atoms with van der Waals surface area (Å²) in [5.41, 5.74) is -0.0457. The highest BCUT2D eigenvalue weighted by Crippen LogP contribution is 2.33. The lowest BCUT2D eigenvalue weighted by Gasteiger charge is -2.12. The van der Waals surface area contributed by atoms with Gasteiger partial charge in [-0.25, -0.2) is 0 Å². The summed E-state index contributed by atoms with van der Waals surface area (Å²) in [6.45, 7) is 4.66. The summed E-state index contributed by atoms with van der Waals surface area (Å²) in [6, 6.07) is 7.41. The van der Waals surface area contributed by atoms with Crippen LogP contribution >= 0.6 is 11.6 Å². The molecule has 2 aromatic carbocycles. The Labute approximate surface area is 149 Å². The third-order valence-corrected chi connectivity index (χ3v) is 3.36. The smallest absolute Gasteiger partial charge is 0.263 e. The molecule has 2 aromatic rings. The third-order valence-electron chi connectivity index (χ3n) is 3.14. The average Bonchev–Trinajstić information content (AvgIpc) is 2.57. The molecule has 0 radical (unpaired) electrons. The Kier molecular flexibility index (Phi) is 6.19. The van der Waals surface area contributed by atoms with E-state index in [9.17, 15) is 15.2 Å². The van der Waals surface area contributed by atoms with Gasteiger partial charge in [-0.2, -0.15) is 0 Å². The maximum atomic E-state index is 12.1. The minimum atomic E-state index is -0.768. The molecular formula is C17H16ClN2O5-. The fraction of sp³-hybridized carbons (Fsp3) is 0.235. The molecule has 0 saturated heterocycles. The van der Waals surface area contributed by atoms with Crippen LogP contribution in [0.4, 0.5) is 11.4 Å². The Balaban J connectivity index is 2.36. The third kappa shape index (κ3) is 4.60. The second-order valence-electron chi connectivity index (χ2n) is 4.86. The maximum absolute atomic E-state index is 12.1. The molecule has 0 unspecified atom stereocenters. The molecule has 2 rings (SSSR count). The SMILES string of the molecule is CCOc1ccc(N=Cc2cc(Cl)cc([N+](=O)[O-])c2[O-])cc1OCC. The lowest BCUT2D eigenvalue weighted by Crippen LogP contribution is -2.02. The van der Waals surface area contributed by atoms with Crippen molar-refractivity contribution in [3.8, 4) is 17.2 Å². The van der Waals surface area contributed by atoms with Crippen molar-refractivity contribution in [1.29, 1.82) is 0 Å². The van der Waals surface area contributed by atoms with Gasteiger partial charge in [0, 0.05) is 23.4 Å². The predicted molar refractivity (Wildman–Crippen MR) is 93.6 cm³/mol. The molecule has 0 amide bonds. The predicted octanol–water partition coefficient (Wildman–Crippen LogP) is 3.87. The second kappa shape index (κ2) is 8.34. The van der Waals surface area contributed by atoms with Crippen LogP contribution in [0.1, 0.15) is 19.4 Å². The number of halogens is 1. The van der Waals surface area contributed by atoms with Crippen molar-refractivity contribution >= 4 is 29.2 Å². The summed E-state index contributed by atoms with van der Waals surface area (Å²) < 4.78 is 11.0. The molecule has 0 aliphatic heterocycles. The lowest BCUT2D eigenvalue weighted by atomic mass is 10.2. The molecule has 0 aliphatic carbocycles. The van der Waals surface area contributed by atoms with Crippen molar-refractivity contribution in [3.05, 3.63) is 51.0 Å². The van der Waals surface area contributed by atoms with Gasteiger partial charge in [0.25, 0.3) is 5.69 Å². The Hall–Kier alpha value is -2.80. The van der Waals surface area contributed by atoms with E-state index in [2.05, 4.69) is 4.99 Å². The summed E-state index contributed by atoms with van der Waals surface area (Å²) in [5, 5.41) is 23.0. The van der Waals surface area contributed by atoms with Gasteiger partial charge in [-0.05, 0) is 43.4 Å². The zero-order valence-electron chi connectivity index (χ0n) is 13.7. The Morgan fingerprint density at radius 3 is 2.48 bits per heavy atom. The van der Waals surface area contributed by atoms with Crippen molar-refractivity contribution in [2.45, 2.75) is 13.8 Å². The zero-order valence-corrected chi connectivity index (χ0v) is 14.4. The monoisotopic (exact) mass is 363 g/mol. The summed E-state index contributed by atoms with van der Waals surface area (Å²) in [4.78, 5) is 14.3. The molecule has 25 heavy (non-hydrogen) atoms. The van der Waals surface area contributed by atoms with Crippen LogP contribution in [0.2, 0.25) is 5.02 Å². The van der Waals surface area contributed by atoms with E-state index in [-0.39, 0.29) is 10.6 Å². The fourth-order valence-electron chi connectivity index (χ4n) is 2.10. The molecule has 0 aromatic heterocycles. The molecule has 0 atom stereocenters. The van der Waals surface area contributed by atoms with E-state index in [1.54, 1.807) is 18.2 Å². The van der Waals surface area contributed by atoms with Crippen LogP contribution in [0.25, 0.3) is 0 Å². The number of aliphatic imine (C=N–C) groups is 1. The molecule has 0 bridgehead atoms.